The van der Waals surface area contributed by atoms with Crippen LogP contribution in [0, 0.1) is 5.41 Å². The van der Waals surface area contributed by atoms with Crippen LogP contribution in [0.15, 0.2) is 29.0 Å². The van der Waals surface area contributed by atoms with Crippen molar-refractivity contribution in [2.45, 2.75) is 12.8 Å². The average Bonchev–Trinajstić information content (AvgIpc) is 2.52. The van der Waals surface area contributed by atoms with E-state index in [1.807, 2.05) is 12.1 Å². The van der Waals surface area contributed by atoms with Crippen molar-refractivity contribution >= 4 is 38.7 Å². The zero-order chi connectivity index (χ0) is 16.0. The van der Waals surface area contributed by atoms with Crippen LogP contribution < -0.4 is 4.90 Å². The Morgan fingerprint density at radius 3 is 2.65 bits per heavy atom. The number of likely N-dealkylation sites (tertiary alicyclic amines) is 1. The highest BCUT2D eigenvalue weighted by molar-refractivity contribution is 9.10. The Morgan fingerprint density at radius 2 is 1.96 bits per heavy atom. The van der Waals surface area contributed by atoms with E-state index in [0.29, 0.717) is 13.1 Å². The number of carbonyl (C=O) groups is 1. The summed E-state index contributed by atoms with van der Waals surface area (Å²) in [4.78, 5) is 23.6. The van der Waals surface area contributed by atoms with Gasteiger partial charge in [0.15, 0.2) is 0 Å². The molecular weight excluding hydrogens is 360 g/mol. The van der Waals surface area contributed by atoms with Gasteiger partial charge in [-0.15, -0.1) is 0 Å². The van der Waals surface area contributed by atoms with Gasteiger partial charge in [-0.2, -0.15) is 0 Å². The highest BCUT2D eigenvalue weighted by Crippen LogP contribution is 2.43. The quantitative estimate of drug-likeness (QED) is 0.828. The number of anilines is 1. The third-order valence-corrected chi connectivity index (χ3v) is 5.52. The Bertz CT molecular complexity index is 766. The molecule has 1 amide bonds. The summed E-state index contributed by atoms with van der Waals surface area (Å²) < 4.78 is 1.02. The van der Waals surface area contributed by atoms with Crippen molar-refractivity contribution in [3.05, 3.63) is 29.0 Å². The third kappa shape index (κ3) is 2.52. The van der Waals surface area contributed by atoms with Gasteiger partial charge in [-0.25, -0.2) is 14.8 Å². The second kappa shape index (κ2) is 5.33. The summed E-state index contributed by atoms with van der Waals surface area (Å²) in [5.74, 6) is 0.975. The van der Waals surface area contributed by atoms with Gasteiger partial charge in [0.1, 0.15) is 12.1 Å². The van der Waals surface area contributed by atoms with Crippen molar-refractivity contribution in [3.63, 3.8) is 0 Å². The molecule has 2 saturated heterocycles. The average molecular weight is 377 g/mol. The minimum absolute atomic E-state index is 0.245. The van der Waals surface area contributed by atoms with Gasteiger partial charge in [-0.1, -0.05) is 15.9 Å². The highest BCUT2D eigenvalue weighted by atomic mass is 79.9. The number of piperidine rings is 1. The summed E-state index contributed by atoms with van der Waals surface area (Å²) in [5.41, 5.74) is 1.19. The predicted octanol–water partition coefficient (Wildman–Crippen LogP) is 2.97. The fourth-order valence-corrected chi connectivity index (χ4v) is 4.03. The Hall–Kier alpha value is -1.89. The number of hydrogen-bond acceptors (Lipinski definition) is 4. The largest absolute Gasteiger partial charge is 0.465 e. The lowest BCUT2D eigenvalue weighted by Crippen LogP contribution is -2.61. The molecule has 0 unspecified atom stereocenters. The second-order valence-electron chi connectivity index (χ2n) is 6.48. The van der Waals surface area contributed by atoms with Crippen molar-refractivity contribution in [2.75, 3.05) is 31.1 Å². The highest BCUT2D eigenvalue weighted by Gasteiger charge is 2.46. The maximum Gasteiger partial charge on any atom is 0.407 e. The number of halogens is 1. The van der Waals surface area contributed by atoms with E-state index in [9.17, 15) is 4.79 Å². The molecule has 6 nitrogen and oxygen atoms in total. The van der Waals surface area contributed by atoms with Gasteiger partial charge in [0.25, 0.3) is 0 Å². The predicted molar refractivity (Wildman–Crippen MR) is 90.7 cm³/mol. The maximum absolute atomic E-state index is 11.0. The molecule has 4 rings (SSSR count). The van der Waals surface area contributed by atoms with E-state index in [4.69, 9.17) is 5.11 Å². The standard InChI is InChI=1S/C16H17BrN4O2/c17-11-1-2-13-12(7-11)14(19-10-18-13)21-8-16(9-21)3-5-20(6-4-16)15(22)23/h1-2,7,10H,3-6,8-9H2,(H,22,23). The van der Waals surface area contributed by atoms with Crippen LogP contribution in [0.25, 0.3) is 10.9 Å². The maximum atomic E-state index is 11.0. The van der Waals surface area contributed by atoms with Crippen LogP contribution in [0.2, 0.25) is 0 Å². The van der Waals surface area contributed by atoms with Gasteiger partial charge in [-0.3, -0.25) is 0 Å². The van der Waals surface area contributed by atoms with Gasteiger partial charge in [0, 0.05) is 41.5 Å². The topological polar surface area (TPSA) is 69.6 Å². The molecule has 2 aliphatic heterocycles. The molecule has 0 radical (unpaired) electrons. The summed E-state index contributed by atoms with van der Waals surface area (Å²) in [6.07, 6.45) is 2.68. The molecule has 2 aromatic rings. The summed E-state index contributed by atoms with van der Waals surface area (Å²) in [6, 6.07) is 6.03. The van der Waals surface area contributed by atoms with Crippen LogP contribution >= 0.6 is 15.9 Å². The molecule has 1 aromatic heterocycles. The van der Waals surface area contributed by atoms with E-state index in [2.05, 4.69) is 36.9 Å². The fraction of sp³-hybridized carbons (Fsp3) is 0.438. The zero-order valence-corrected chi connectivity index (χ0v) is 14.2. The van der Waals surface area contributed by atoms with Gasteiger partial charge < -0.3 is 14.9 Å². The number of benzene rings is 1. The number of nitrogens with zero attached hydrogens (tertiary/aromatic N) is 4. The van der Waals surface area contributed by atoms with Crippen LogP contribution in [0.5, 0.6) is 0 Å². The lowest BCUT2D eigenvalue weighted by molar-refractivity contribution is 0.0708. The van der Waals surface area contributed by atoms with Crippen molar-refractivity contribution in [3.8, 4) is 0 Å². The van der Waals surface area contributed by atoms with E-state index < -0.39 is 6.09 Å². The lowest BCUT2D eigenvalue weighted by Gasteiger charge is -2.54. The summed E-state index contributed by atoms with van der Waals surface area (Å²) >= 11 is 3.51. The minimum Gasteiger partial charge on any atom is -0.465 e. The number of fused-ring (bicyclic) bond motifs is 1. The first kappa shape index (κ1) is 14.7. The molecule has 1 N–H and O–H groups in total. The van der Waals surface area contributed by atoms with E-state index in [0.717, 1.165) is 47.1 Å². The van der Waals surface area contributed by atoms with Crippen LogP contribution in [0.3, 0.4) is 0 Å². The molecule has 2 fully saturated rings. The van der Waals surface area contributed by atoms with Crippen LogP contribution in [0.4, 0.5) is 10.6 Å². The van der Waals surface area contributed by atoms with Gasteiger partial charge in [0.2, 0.25) is 0 Å². The zero-order valence-electron chi connectivity index (χ0n) is 12.6. The summed E-state index contributed by atoms with van der Waals surface area (Å²) in [6.45, 7) is 3.16. The van der Waals surface area contributed by atoms with Crippen LogP contribution in [-0.4, -0.2) is 52.2 Å². The Morgan fingerprint density at radius 1 is 1.22 bits per heavy atom. The number of amides is 1. The molecule has 0 saturated carbocycles. The van der Waals surface area contributed by atoms with Crippen LogP contribution in [-0.2, 0) is 0 Å². The normalized spacial score (nSPS) is 19.9. The molecule has 2 aliphatic rings. The Balaban J connectivity index is 1.53. The number of carboxylic acid groups (broad SMARTS) is 1. The monoisotopic (exact) mass is 376 g/mol. The molecule has 0 bridgehead atoms. The SMILES string of the molecule is O=C(O)N1CCC2(CC1)CN(c1ncnc3ccc(Br)cc13)C2. The van der Waals surface area contributed by atoms with Crippen molar-refractivity contribution in [2.24, 2.45) is 5.41 Å². The number of aromatic nitrogens is 2. The summed E-state index contributed by atoms with van der Waals surface area (Å²) in [5, 5.41) is 10.1. The van der Waals surface area contributed by atoms with Crippen molar-refractivity contribution in [1.29, 1.82) is 0 Å². The molecular formula is C16H17BrN4O2. The second-order valence-corrected chi connectivity index (χ2v) is 7.40. The van der Waals surface area contributed by atoms with E-state index in [1.165, 1.54) is 4.90 Å². The van der Waals surface area contributed by atoms with E-state index in [-0.39, 0.29) is 5.41 Å². The Kier molecular flexibility index (Phi) is 3.41. The molecule has 0 atom stereocenters. The van der Waals surface area contributed by atoms with E-state index >= 15 is 0 Å². The molecule has 1 aromatic carbocycles. The third-order valence-electron chi connectivity index (χ3n) is 5.02. The molecule has 0 aliphatic carbocycles. The minimum atomic E-state index is -0.803. The fourth-order valence-electron chi connectivity index (χ4n) is 3.67. The first-order valence-electron chi connectivity index (χ1n) is 7.69. The van der Waals surface area contributed by atoms with Gasteiger partial charge >= 0.3 is 6.09 Å². The van der Waals surface area contributed by atoms with Gasteiger partial charge in [-0.05, 0) is 31.0 Å². The molecule has 1 spiro atoms. The lowest BCUT2D eigenvalue weighted by atomic mass is 9.72. The summed E-state index contributed by atoms with van der Waals surface area (Å²) in [7, 11) is 0. The van der Waals surface area contributed by atoms with Gasteiger partial charge in [0.05, 0.1) is 5.52 Å². The van der Waals surface area contributed by atoms with E-state index in [1.54, 1.807) is 6.33 Å². The first-order valence-corrected chi connectivity index (χ1v) is 8.49. The van der Waals surface area contributed by atoms with Crippen molar-refractivity contribution in [1.82, 2.24) is 14.9 Å². The first-order chi connectivity index (χ1) is 11.1. The van der Waals surface area contributed by atoms with Crippen LogP contribution in [0.1, 0.15) is 12.8 Å². The molecule has 3 heterocycles. The molecule has 120 valence electrons. The molecule has 23 heavy (non-hydrogen) atoms. The number of hydrogen-bond donors (Lipinski definition) is 1. The molecule has 7 heteroatoms. The number of rotatable bonds is 1. The van der Waals surface area contributed by atoms with Crippen molar-refractivity contribution < 1.29 is 9.90 Å². The smallest absolute Gasteiger partial charge is 0.407 e. The Labute approximate surface area is 142 Å².